The number of carboxylic acid groups (broad SMARTS) is 1. The van der Waals surface area contributed by atoms with Crippen molar-refractivity contribution in [2.24, 2.45) is 0 Å². The van der Waals surface area contributed by atoms with Gasteiger partial charge < -0.3 is 10.1 Å². The van der Waals surface area contributed by atoms with Crippen LogP contribution in [0.15, 0.2) is 30.5 Å². The number of benzene rings is 1. The van der Waals surface area contributed by atoms with Gasteiger partial charge in [-0.1, -0.05) is 18.2 Å². The molecule has 0 spiro atoms. The number of aromatic nitrogens is 1. The van der Waals surface area contributed by atoms with E-state index in [4.69, 9.17) is 5.11 Å². The van der Waals surface area contributed by atoms with Gasteiger partial charge in [0.15, 0.2) is 0 Å². The maximum atomic E-state index is 10.4. The maximum Gasteiger partial charge on any atom is 0.328 e. The molecule has 0 aliphatic heterocycles. The molecule has 0 saturated carbocycles. The van der Waals surface area contributed by atoms with Crippen LogP contribution in [0.1, 0.15) is 11.1 Å². The SMILES string of the molecule is Cc1cccc2c(C=CC(=O)O)c[nH]c12. The molecule has 1 aromatic heterocycles. The fraction of sp³-hybridized carbons (Fsp3) is 0.0833. The molecule has 3 heteroatoms. The van der Waals surface area contributed by atoms with Crippen molar-refractivity contribution in [3.8, 4) is 0 Å². The normalized spacial score (nSPS) is 11.3. The predicted octanol–water partition coefficient (Wildman–Crippen LogP) is 2.57. The first-order valence-electron chi connectivity index (χ1n) is 4.66. The van der Waals surface area contributed by atoms with Gasteiger partial charge in [0.05, 0.1) is 0 Å². The highest BCUT2D eigenvalue weighted by Crippen LogP contribution is 2.21. The van der Waals surface area contributed by atoms with Crippen LogP contribution in [0.2, 0.25) is 0 Å². The van der Waals surface area contributed by atoms with Gasteiger partial charge in [-0.3, -0.25) is 0 Å². The van der Waals surface area contributed by atoms with Crippen LogP contribution in [-0.4, -0.2) is 16.1 Å². The van der Waals surface area contributed by atoms with E-state index in [9.17, 15) is 4.79 Å². The van der Waals surface area contributed by atoms with Crippen molar-refractivity contribution in [1.29, 1.82) is 0 Å². The number of H-pyrrole nitrogens is 1. The molecule has 2 aromatic rings. The highest BCUT2D eigenvalue weighted by atomic mass is 16.4. The molecule has 15 heavy (non-hydrogen) atoms. The molecule has 0 fully saturated rings. The van der Waals surface area contributed by atoms with Crippen LogP contribution in [0.25, 0.3) is 17.0 Å². The highest BCUT2D eigenvalue weighted by Gasteiger charge is 2.02. The Labute approximate surface area is 87.0 Å². The van der Waals surface area contributed by atoms with E-state index in [0.717, 1.165) is 28.1 Å². The van der Waals surface area contributed by atoms with Gasteiger partial charge in [-0.15, -0.1) is 0 Å². The Bertz CT molecular complexity index is 538. The molecule has 2 N–H and O–H groups in total. The number of fused-ring (bicyclic) bond motifs is 1. The molecular formula is C12H11NO2. The molecule has 0 amide bonds. The number of aryl methyl sites for hydroxylation is 1. The second kappa shape index (κ2) is 3.61. The number of para-hydroxylation sites is 1. The van der Waals surface area contributed by atoms with E-state index in [-0.39, 0.29) is 0 Å². The van der Waals surface area contributed by atoms with Gasteiger partial charge in [-0.2, -0.15) is 0 Å². The zero-order valence-electron chi connectivity index (χ0n) is 8.32. The third-order valence-electron chi connectivity index (χ3n) is 2.36. The van der Waals surface area contributed by atoms with Gasteiger partial charge in [-0.25, -0.2) is 4.79 Å². The van der Waals surface area contributed by atoms with E-state index >= 15 is 0 Å². The van der Waals surface area contributed by atoms with Crippen LogP contribution in [-0.2, 0) is 4.79 Å². The molecule has 1 heterocycles. The molecule has 2 rings (SSSR count). The van der Waals surface area contributed by atoms with Crippen molar-refractivity contribution in [3.05, 3.63) is 41.6 Å². The van der Waals surface area contributed by atoms with Crippen molar-refractivity contribution >= 4 is 22.9 Å². The number of aliphatic carboxylic acids is 1. The van der Waals surface area contributed by atoms with E-state index in [0.29, 0.717) is 0 Å². The third kappa shape index (κ3) is 1.76. The molecular weight excluding hydrogens is 190 g/mol. The second-order valence-electron chi connectivity index (χ2n) is 3.41. The van der Waals surface area contributed by atoms with Crippen LogP contribution < -0.4 is 0 Å². The van der Waals surface area contributed by atoms with Crippen molar-refractivity contribution < 1.29 is 9.90 Å². The minimum absolute atomic E-state index is 0.899. The Kier molecular flexibility index (Phi) is 2.29. The molecule has 0 aliphatic carbocycles. The Balaban J connectivity index is 2.54. The summed E-state index contributed by atoms with van der Waals surface area (Å²) >= 11 is 0. The molecule has 3 nitrogen and oxygen atoms in total. The minimum atomic E-state index is -0.933. The average Bonchev–Trinajstić information content (AvgIpc) is 2.59. The molecule has 0 atom stereocenters. The van der Waals surface area contributed by atoms with Crippen LogP contribution in [0.5, 0.6) is 0 Å². The number of hydrogen-bond acceptors (Lipinski definition) is 1. The predicted molar refractivity (Wildman–Crippen MR) is 59.7 cm³/mol. The van der Waals surface area contributed by atoms with Crippen molar-refractivity contribution in [1.82, 2.24) is 4.98 Å². The van der Waals surface area contributed by atoms with E-state index in [1.165, 1.54) is 0 Å². The molecule has 0 radical (unpaired) electrons. The fourth-order valence-electron chi connectivity index (χ4n) is 1.63. The Morgan fingerprint density at radius 3 is 3.00 bits per heavy atom. The van der Waals surface area contributed by atoms with Gasteiger partial charge in [0, 0.05) is 28.7 Å². The summed E-state index contributed by atoms with van der Waals surface area (Å²) in [4.78, 5) is 13.5. The molecule has 1 aromatic carbocycles. The lowest BCUT2D eigenvalue weighted by molar-refractivity contribution is -0.131. The summed E-state index contributed by atoms with van der Waals surface area (Å²) < 4.78 is 0. The lowest BCUT2D eigenvalue weighted by atomic mass is 10.1. The average molecular weight is 201 g/mol. The van der Waals surface area contributed by atoms with Gasteiger partial charge in [0.2, 0.25) is 0 Å². The number of hydrogen-bond donors (Lipinski definition) is 2. The Hall–Kier alpha value is -2.03. The molecule has 0 aliphatic rings. The fourth-order valence-corrected chi connectivity index (χ4v) is 1.63. The van der Waals surface area contributed by atoms with E-state index in [1.807, 2.05) is 31.3 Å². The van der Waals surface area contributed by atoms with Crippen molar-refractivity contribution in [2.75, 3.05) is 0 Å². The van der Waals surface area contributed by atoms with E-state index in [1.54, 1.807) is 6.08 Å². The Morgan fingerprint density at radius 1 is 1.47 bits per heavy atom. The van der Waals surface area contributed by atoms with Crippen LogP contribution in [0.4, 0.5) is 0 Å². The van der Waals surface area contributed by atoms with E-state index in [2.05, 4.69) is 4.98 Å². The van der Waals surface area contributed by atoms with Crippen LogP contribution in [0.3, 0.4) is 0 Å². The molecule has 76 valence electrons. The van der Waals surface area contributed by atoms with Gasteiger partial charge in [0.25, 0.3) is 0 Å². The number of aromatic amines is 1. The topological polar surface area (TPSA) is 53.1 Å². The number of carbonyl (C=O) groups is 1. The highest BCUT2D eigenvalue weighted by molar-refractivity contribution is 5.94. The zero-order valence-corrected chi connectivity index (χ0v) is 8.32. The molecule has 0 saturated heterocycles. The van der Waals surface area contributed by atoms with Crippen LogP contribution in [0, 0.1) is 6.92 Å². The first kappa shape index (κ1) is 9.52. The summed E-state index contributed by atoms with van der Waals surface area (Å²) in [5.41, 5.74) is 3.11. The number of nitrogens with one attached hydrogen (secondary N) is 1. The summed E-state index contributed by atoms with van der Waals surface area (Å²) in [6.07, 6.45) is 4.56. The van der Waals surface area contributed by atoms with Gasteiger partial charge >= 0.3 is 5.97 Å². The molecule has 0 bridgehead atoms. The molecule has 0 unspecified atom stereocenters. The van der Waals surface area contributed by atoms with Crippen LogP contribution >= 0.6 is 0 Å². The quantitative estimate of drug-likeness (QED) is 0.734. The zero-order chi connectivity index (χ0) is 10.8. The summed E-state index contributed by atoms with van der Waals surface area (Å²) in [7, 11) is 0. The van der Waals surface area contributed by atoms with Gasteiger partial charge in [-0.05, 0) is 18.6 Å². The summed E-state index contributed by atoms with van der Waals surface area (Å²) in [5.74, 6) is -0.933. The monoisotopic (exact) mass is 201 g/mol. The lowest BCUT2D eigenvalue weighted by Gasteiger charge is -1.95. The summed E-state index contributed by atoms with van der Waals surface area (Å²) in [5, 5.41) is 9.59. The minimum Gasteiger partial charge on any atom is -0.478 e. The number of rotatable bonds is 2. The summed E-state index contributed by atoms with van der Waals surface area (Å²) in [6.45, 7) is 2.02. The summed E-state index contributed by atoms with van der Waals surface area (Å²) in [6, 6.07) is 5.95. The van der Waals surface area contributed by atoms with Crippen molar-refractivity contribution in [2.45, 2.75) is 6.92 Å². The largest absolute Gasteiger partial charge is 0.478 e. The lowest BCUT2D eigenvalue weighted by Crippen LogP contribution is -1.85. The van der Waals surface area contributed by atoms with Gasteiger partial charge in [0.1, 0.15) is 0 Å². The maximum absolute atomic E-state index is 10.4. The third-order valence-corrected chi connectivity index (χ3v) is 2.36. The number of carboxylic acids is 1. The standard InChI is InChI=1S/C12H11NO2/c1-8-3-2-4-10-9(5-6-11(14)15)7-13-12(8)10/h2-7,13H,1H3,(H,14,15). The van der Waals surface area contributed by atoms with E-state index < -0.39 is 5.97 Å². The smallest absolute Gasteiger partial charge is 0.328 e. The first-order chi connectivity index (χ1) is 7.18. The van der Waals surface area contributed by atoms with Crippen molar-refractivity contribution in [3.63, 3.8) is 0 Å². The first-order valence-corrected chi connectivity index (χ1v) is 4.66. The second-order valence-corrected chi connectivity index (χ2v) is 3.41. The Morgan fingerprint density at radius 2 is 2.27 bits per heavy atom.